The van der Waals surface area contributed by atoms with Crippen LogP contribution in [-0.4, -0.2) is 35.0 Å². The number of aryl methyl sites for hydroxylation is 1. The molecule has 0 amide bonds. The van der Waals surface area contributed by atoms with Crippen LogP contribution in [0.3, 0.4) is 0 Å². The molecule has 2 heterocycles. The van der Waals surface area contributed by atoms with Crippen molar-refractivity contribution in [3.63, 3.8) is 0 Å². The molecule has 0 saturated heterocycles. The van der Waals surface area contributed by atoms with E-state index < -0.39 is 21.7 Å². The Morgan fingerprint density at radius 3 is 2.41 bits per heavy atom. The monoisotopic (exact) mass is 413 g/mol. The predicted molar refractivity (Wildman–Crippen MR) is 106 cm³/mol. The van der Waals surface area contributed by atoms with E-state index in [1.54, 1.807) is 13.0 Å². The Bertz CT molecular complexity index is 1220. The summed E-state index contributed by atoms with van der Waals surface area (Å²) in [6, 6.07) is 13.3. The van der Waals surface area contributed by atoms with Crippen molar-refractivity contribution >= 4 is 15.9 Å². The number of carbonyl (C=O) groups is 1. The highest BCUT2D eigenvalue weighted by atomic mass is 32.2. The van der Waals surface area contributed by atoms with Crippen molar-refractivity contribution in [1.82, 2.24) is 14.1 Å². The van der Waals surface area contributed by atoms with Gasteiger partial charge in [-0.2, -0.15) is 14.1 Å². The summed E-state index contributed by atoms with van der Waals surface area (Å²) in [6.07, 6.45) is 0.621. The average molecular weight is 413 g/mol. The molecule has 1 aromatic heterocycles. The van der Waals surface area contributed by atoms with Crippen LogP contribution in [0.4, 0.5) is 4.39 Å². The van der Waals surface area contributed by atoms with Gasteiger partial charge in [-0.1, -0.05) is 36.4 Å². The molecular weight excluding hydrogens is 393 g/mol. The molecule has 0 N–H and O–H groups in total. The van der Waals surface area contributed by atoms with Crippen LogP contribution in [-0.2, 0) is 23.0 Å². The molecule has 1 aliphatic rings. The molecule has 0 fully saturated rings. The summed E-state index contributed by atoms with van der Waals surface area (Å²) in [5, 5.41) is 4.13. The van der Waals surface area contributed by atoms with Crippen LogP contribution in [0, 0.1) is 19.7 Å². The van der Waals surface area contributed by atoms with Crippen LogP contribution in [0.25, 0.3) is 0 Å². The van der Waals surface area contributed by atoms with Crippen molar-refractivity contribution in [1.29, 1.82) is 0 Å². The maximum absolute atomic E-state index is 14.0. The van der Waals surface area contributed by atoms with Crippen LogP contribution < -0.4 is 0 Å². The number of nitrogens with zero attached hydrogens (tertiary/aromatic N) is 3. The molecule has 3 aromatic rings. The number of rotatable bonds is 3. The zero-order valence-corrected chi connectivity index (χ0v) is 16.9. The lowest BCUT2D eigenvalue weighted by Gasteiger charge is -2.28. The lowest BCUT2D eigenvalue weighted by Crippen LogP contribution is -2.36. The summed E-state index contributed by atoms with van der Waals surface area (Å²) in [7, 11) is -3.87. The highest BCUT2D eigenvalue weighted by molar-refractivity contribution is 7.89. The van der Waals surface area contributed by atoms with E-state index in [1.807, 2.05) is 24.3 Å². The van der Waals surface area contributed by atoms with Crippen LogP contribution >= 0.6 is 0 Å². The average Bonchev–Trinajstić information content (AvgIpc) is 3.02. The van der Waals surface area contributed by atoms with Crippen molar-refractivity contribution in [3.05, 3.63) is 82.4 Å². The lowest BCUT2D eigenvalue weighted by atomic mass is 10.0. The summed E-state index contributed by atoms with van der Waals surface area (Å²) in [5.41, 5.74) is 2.33. The van der Waals surface area contributed by atoms with Crippen molar-refractivity contribution in [2.24, 2.45) is 0 Å². The predicted octanol–water partition coefficient (Wildman–Crippen LogP) is 3.07. The number of fused-ring (bicyclic) bond motifs is 1. The summed E-state index contributed by atoms with van der Waals surface area (Å²) in [4.78, 5) is 12.8. The van der Waals surface area contributed by atoms with Gasteiger partial charge in [0.1, 0.15) is 10.7 Å². The van der Waals surface area contributed by atoms with Gasteiger partial charge in [0.2, 0.25) is 10.0 Å². The number of aromatic nitrogens is 2. The second-order valence-corrected chi connectivity index (χ2v) is 8.93. The fourth-order valence-corrected chi connectivity index (χ4v) is 5.53. The zero-order chi connectivity index (χ0) is 20.8. The molecule has 2 aromatic carbocycles. The Morgan fingerprint density at radius 1 is 1.03 bits per heavy atom. The minimum Gasteiger partial charge on any atom is -0.267 e. The van der Waals surface area contributed by atoms with Crippen LogP contribution in [0.5, 0.6) is 0 Å². The summed E-state index contributed by atoms with van der Waals surface area (Å²) in [6.45, 7) is 3.68. The van der Waals surface area contributed by atoms with E-state index in [-0.39, 0.29) is 28.4 Å². The molecule has 0 spiro atoms. The van der Waals surface area contributed by atoms with E-state index in [1.165, 1.54) is 29.4 Å². The third-order valence-corrected chi connectivity index (χ3v) is 7.31. The maximum Gasteiger partial charge on any atom is 0.281 e. The molecule has 0 aliphatic carbocycles. The molecule has 0 radical (unpaired) electrons. The van der Waals surface area contributed by atoms with Crippen molar-refractivity contribution in [2.45, 2.75) is 31.7 Å². The van der Waals surface area contributed by atoms with Crippen molar-refractivity contribution in [2.75, 3.05) is 6.54 Å². The summed E-state index contributed by atoms with van der Waals surface area (Å²) >= 11 is 0. The first-order chi connectivity index (χ1) is 13.8. The number of carbonyl (C=O) groups excluding carboxylic acids is 1. The number of benzene rings is 2. The second kappa shape index (κ2) is 7.20. The van der Waals surface area contributed by atoms with Gasteiger partial charge in [0.25, 0.3) is 5.91 Å². The molecule has 0 atom stereocenters. The first-order valence-corrected chi connectivity index (χ1v) is 10.7. The van der Waals surface area contributed by atoms with Crippen LogP contribution in [0.1, 0.15) is 32.9 Å². The van der Waals surface area contributed by atoms with Gasteiger partial charge >= 0.3 is 0 Å². The van der Waals surface area contributed by atoms with Gasteiger partial charge in [0, 0.05) is 13.1 Å². The van der Waals surface area contributed by atoms with Gasteiger partial charge in [-0.3, -0.25) is 4.79 Å². The molecule has 150 valence electrons. The van der Waals surface area contributed by atoms with E-state index in [2.05, 4.69) is 5.10 Å². The van der Waals surface area contributed by atoms with Gasteiger partial charge < -0.3 is 0 Å². The van der Waals surface area contributed by atoms with Gasteiger partial charge in [-0.05, 0) is 43.5 Å². The van der Waals surface area contributed by atoms with E-state index >= 15 is 0 Å². The van der Waals surface area contributed by atoms with E-state index in [4.69, 9.17) is 0 Å². The lowest BCUT2D eigenvalue weighted by molar-refractivity contribution is 0.0938. The van der Waals surface area contributed by atoms with Crippen molar-refractivity contribution < 1.29 is 17.6 Å². The summed E-state index contributed by atoms with van der Waals surface area (Å²) in [5.74, 6) is -1.38. The quantitative estimate of drug-likeness (QED) is 0.662. The number of hydrogen-bond acceptors (Lipinski definition) is 4. The highest BCUT2D eigenvalue weighted by Crippen LogP contribution is 2.29. The first kappa shape index (κ1) is 19.5. The van der Waals surface area contributed by atoms with Gasteiger partial charge in [-0.15, -0.1) is 0 Å². The normalized spacial score (nSPS) is 14.6. The summed E-state index contributed by atoms with van der Waals surface area (Å²) < 4.78 is 43.2. The molecule has 0 unspecified atom stereocenters. The fraction of sp³-hybridized carbons (Fsp3) is 0.238. The van der Waals surface area contributed by atoms with Crippen molar-refractivity contribution in [3.8, 4) is 0 Å². The zero-order valence-electron chi connectivity index (χ0n) is 16.1. The standard InChI is InChI=1S/C21H20FN3O3S/c1-14-20(15(2)25(23-14)21(26)18-9-5-6-10-19(18)22)29(27,28)24-12-11-16-7-3-4-8-17(16)13-24/h3-10H,11-13H2,1-2H3. The fourth-order valence-electron chi connectivity index (χ4n) is 3.75. The Hall–Kier alpha value is -2.84. The van der Waals surface area contributed by atoms with Gasteiger partial charge in [0.15, 0.2) is 0 Å². The van der Waals surface area contributed by atoms with Crippen LogP contribution in [0.2, 0.25) is 0 Å². The molecule has 0 saturated carbocycles. The third kappa shape index (κ3) is 3.28. The first-order valence-electron chi connectivity index (χ1n) is 9.23. The minimum absolute atomic E-state index is 0.00145. The molecule has 1 aliphatic heterocycles. The Labute approximate surface area is 168 Å². The number of halogens is 1. The minimum atomic E-state index is -3.87. The molecule has 4 rings (SSSR count). The largest absolute Gasteiger partial charge is 0.281 e. The maximum atomic E-state index is 14.0. The Morgan fingerprint density at radius 2 is 1.69 bits per heavy atom. The van der Waals surface area contributed by atoms with Gasteiger partial charge in [0.05, 0.1) is 17.0 Å². The smallest absolute Gasteiger partial charge is 0.267 e. The van der Waals surface area contributed by atoms with E-state index in [0.29, 0.717) is 13.0 Å². The Balaban J connectivity index is 1.73. The molecule has 6 nitrogen and oxygen atoms in total. The SMILES string of the molecule is Cc1nn(C(=O)c2ccccc2F)c(C)c1S(=O)(=O)N1CCc2ccccc2C1. The number of sulfonamides is 1. The number of hydrogen-bond donors (Lipinski definition) is 0. The van der Waals surface area contributed by atoms with Crippen LogP contribution in [0.15, 0.2) is 53.4 Å². The molecule has 8 heteroatoms. The second-order valence-electron chi connectivity index (χ2n) is 7.05. The third-order valence-electron chi connectivity index (χ3n) is 5.22. The van der Waals surface area contributed by atoms with E-state index in [9.17, 15) is 17.6 Å². The topological polar surface area (TPSA) is 72.3 Å². The van der Waals surface area contributed by atoms with E-state index in [0.717, 1.165) is 15.8 Å². The Kier molecular flexibility index (Phi) is 4.84. The van der Waals surface area contributed by atoms with Gasteiger partial charge in [-0.25, -0.2) is 12.8 Å². The molecule has 29 heavy (non-hydrogen) atoms. The molecular formula is C21H20FN3O3S. The molecule has 0 bridgehead atoms. The highest BCUT2D eigenvalue weighted by Gasteiger charge is 2.34.